The molecule has 0 radical (unpaired) electrons. The standard InChI is InChI=1S/C25H24N4O5/c1-13-9-10-15(29(33)34)11-17(13)27-23(31)18-19(24(27)32)21(22(30)25(2,3)4)28-20(18)16-8-6-5-7-14(16)12-26-28/h5-12,18-21H,1-4H3/t18-,19-,20-,21+/m1/s1. The summed E-state index contributed by atoms with van der Waals surface area (Å²) in [5.41, 5.74) is 1.42. The molecule has 0 aliphatic carbocycles. The number of benzene rings is 2. The van der Waals surface area contributed by atoms with Crippen LogP contribution in [0.4, 0.5) is 11.4 Å². The van der Waals surface area contributed by atoms with E-state index in [1.807, 2.05) is 24.3 Å². The van der Waals surface area contributed by atoms with E-state index in [0.717, 1.165) is 16.0 Å². The molecule has 0 saturated carbocycles. The van der Waals surface area contributed by atoms with E-state index in [9.17, 15) is 24.5 Å². The molecule has 2 saturated heterocycles. The molecule has 0 N–H and O–H groups in total. The summed E-state index contributed by atoms with van der Waals surface area (Å²) in [5.74, 6) is -2.94. The van der Waals surface area contributed by atoms with Crippen molar-refractivity contribution in [2.24, 2.45) is 22.4 Å². The average Bonchev–Trinajstić information content (AvgIpc) is 3.25. The van der Waals surface area contributed by atoms with Crippen molar-refractivity contribution >= 4 is 35.2 Å². The van der Waals surface area contributed by atoms with Crippen LogP contribution in [-0.4, -0.2) is 39.8 Å². The lowest BCUT2D eigenvalue weighted by molar-refractivity contribution is -0.384. The van der Waals surface area contributed by atoms with Crippen LogP contribution in [0.5, 0.6) is 0 Å². The Morgan fingerprint density at radius 3 is 2.41 bits per heavy atom. The molecule has 2 aromatic rings. The number of imide groups is 1. The van der Waals surface area contributed by atoms with E-state index in [-0.39, 0.29) is 17.2 Å². The van der Waals surface area contributed by atoms with Gasteiger partial charge in [-0.25, -0.2) is 4.90 Å². The SMILES string of the molecule is Cc1ccc([N+](=O)[O-])cc1N1C(=O)[C@@H]2[C@@H](C1=O)[C@H]1c3ccccc3C=NN1[C@@H]2C(=O)C(C)(C)C. The van der Waals surface area contributed by atoms with Crippen LogP contribution in [0.25, 0.3) is 0 Å². The fourth-order valence-electron chi connectivity index (χ4n) is 5.30. The number of non-ortho nitro benzene ring substituents is 1. The van der Waals surface area contributed by atoms with Crippen molar-refractivity contribution in [3.05, 3.63) is 69.3 Å². The quantitative estimate of drug-likeness (QED) is 0.394. The van der Waals surface area contributed by atoms with Crippen LogP contribution in [0.2, 0.25) is 0 Å². The number of fused-ring (bicyclic) bond motifs is 5. The average molecular weight is 460 g/mol. The van der Waals surface area contributed by atoms with E-state index < -0.39 is 46.1 Å². The molecule has 2 amide bonds. The highest BCUT2D eigenvalue weighted by atomic mass is 16.6. The number of hydrogen-bond acceptors (Lipinski definition) is 7. The van der Waals surface area contributed by atoms with Crippen LogP contribution < -0.4 is 4.90 Å². The van der Waals surface area contributed by atoms with Gasteiger partial charge in [-0.2, -0.15) is 5.10 Å². The van der Waals surface area contributed by atoms with Crippen molar-refractivity contribution in [2.45, 2.75) is 39.8 Å². The highest BCUT2D eigenvalue weighted by Crippen LogP contribution is 2.54. The largest absolute Gasteiger partial charge is 0.297 e. The molecule has 174 valence electrons. The fraction of sp³-hybridized carbons (Fsp3) is 0.360. The Kier molecular flexibility index (Phi) is 4.72. The van der Waals surface area contributed by atoms with Crippen LogP contribution in [-0.2, 0) is 14.4 Å². The van der Waals surface area contributed by atoms with Gasteiger partial charge in [0.15, 0.2) is 5.78 Å². The maximum atomic E-state index is 13.9. The summed E-state index contributed by atoms with van der Waals surface area (Å²) in [6.45, 7) is 7.03. The third-order valence-corrected chi connectivity index (χ3v) is 6.95. The summed E-state index contributed by atoms with van der Waals surface area (Å²) in [5, 5.41) is 17.5. The molecule has 0 aromatic heterocycles. The van der Waals surface area contributed by atoms with Crippen molar-refractivity contribution in [1.82, 2.24) is 5.01 Å². The molecular weight excluding hydrogens is 436 g/mol. The van der Waals surface area contributed by atoms with Gasteiger partial charge in [0.1, 0.15) is 6.04 Å². The number of carbonyl (C=O) groups is 3. The van der Waals surface area contributed by atoms with E-state index in [1.54, 1.807) is 38.9 Å². The van der Waals surface area contributed by atoms with Gasteiger partial charge in [-0.1, -0.05) is 51.1 Å². The van der Waals surface area contributed by atoms with E-state index >= 15 is 0 Å². The molecule has 9 heteroatoms. The minimum absolute atomic E-state index is 0.180. The Morgan fingerprint density at radius 1 is 1.06 bits per heavy atom. The number of nitro groups is 1. The first-order chi connectivity index (χ1) is 16.0. The lowest BCUT2D eigenvalue weighted by Gasteiger charge is -2.35. The summed E-state index contributed by atoms with van der Waals surface area (Å²) >= 11 is 0. The maximum Gasteiger partial charge on any atom is 0.271 e. The first-order valence-corrected chi connectivity index (χ1v) is 11.1. The van der Waals surface area contributed by atoms with Crippen molar-refractivity contribution in [3.63, 3.8) is 0 Å². The van der Waals surface area contributed by atoms with Gasteiger partial charge in [0.25, 0.3) is 5.69 Å². The highest BCUT2D eigenvalue weighted by molar-refractivity contribution is 6.24. The molecule has 3 aliphatic heterocycles. The van der Waals surface area contributed by atoms with E-state index in [2.05, 4.69) is 5.10 Å². The summed E-state index contributed by atoms with van der Waals surface area (Å²) in [6.07, 6.45) is 1.66. The minimum Gasteiger partial charge on any atom is -0.297 e. The van der Waals surface area contributed by atoms with Crippen LogP contribution in [0, 0.1) is 34.3 Å². The summed E-state index contributed by atoms with van der Waals surface area (Å²) in [6, 6.07) is 10.1. The molecule has 9 nitrogen and oxygen atoms in total. The van der Waals surface area contributed by atoms with Crippen LogP contribution in [0.1, 0.15) is 43.5 Å². The highest BCUT2D eigenvalue weighted by Gasteiger charge is 2.66. The van der Waals surface area contributed by atoms with Crippen molar-refractivity contribution < 1.29 is 19.3 Å². The number of amides is 2. The predicted octanol–water partition coefficient (Wildman–Crippen LogP) is 3.40. The number of anilines is 1. The predicted molar refractivity (Wildman–Crippen MR) is 124 cm³/mol. The molecule has 4 atom stereocenters. The first kappa shape index (κ1) is 21.9. The zero-order valence-electron chi connectivity index (χ0n) is 19.3. The second-order valence-electron chi connectivity index (χ2n) is 10.0. The third kappa shape index (κ3) is 2.99. The van der Waals surface area contributed by atoms with Crippen molar-refractivity contribution in [2.75, 3.05) is 4.90 Å². The molecule has 3 aliphatic rings. The Labute approximate surface area is 196 Å². The van der Waals surface area contributed by atoms with Crippen molar-refractivity contribution in [1.29, 1.82) is 0 Å². The van der Waals surface area contributed by atoms with Crippen molar-refractivity contribution in [3.8, 4) is 0 Å². The molecule has 3 heterocycles. The Morgan fingerprint density at radius 2 is 1.74 bits per heavy atom. The number of rotatable bonds is 3. The molecule has 34 heavy (non-hydrogen) atoms. The second-order valence-corrected chi connectivity index (χ2v) is 10.0. The van der Waals surface area contributed by atoms with Crippen LogP contribution >= 0.6 is 0 Å². The van der Waals surface area contributed by atoms with E-state index in [1.165, 1.54) is 18.2 Å². The second kappa shape index (κ2) is 7.31. The monoisotopic (exact) mass is 460 g/mol. The van der Waals surface area contributed by atoms with Gasteiger partial charge in [-0.15, -0.1) is 0 Å². The van der Waals surface area contributed by atoms with Gasteiger partial charge in [-0.05, 0) is 23.6 Å². The number of nitro benzene ring substituents is 1. The van der Waals surface area contributed by atoms with E-state index in [0.29, 0.717) is 5.56 Å². The normalized spacial score (nSPS) is 25.3. The lowest BCUT2D eigenvalue weighted by atomic mass is 9.79. The lowest BCUT2D eigenvalue weighted by Crippen LogP contribution is -2.48. The summed E-state index contributed by atoms with van der Waals surface area (Å²) in [7, 11) is 0. The molecule has 0 unspecified atom stereocenters. The Hall–Kier alpha value is -3.88. The number of Topliss-reactive ketones (excluding diaryl/α,β-unsaturated/α-hetero) is 1. The molecule has 0 bridgehead atoms. The zero-order chi connectivity index (χ0) is 24.5. The van der Waals surface area contributed by atoms with Gasteiger partial charge >= 0.3 is 0 Å². The van der Waals surface area contributed by atoms with E-state index in [4.69, 9.17) is 0 Å². The molecule has 0 spiro atoms. The number of aryl methyl sites for hydroxylation is 1. The van der Waals surface area contributed by atoms with Gasteiger partial charge in [0.2, 0.25) is 11.8 Å². The molecule has 2 fully saturated rings. The van der Waals surface area contributed by atoms with Gasteiger partial charge < -0.3 is 0 Å². The van der Waals surface area contributed by atoms with Gasteiger partial charge in [0, 0.05) is 17.5 Å². The summed E-state index contributed by atoms with van der Waals surface area (Å²) < 4.78 is 0. The number of carbonyl (C=O) groups excluding carboxylic acids is 3. The number of ketones is 1. The maximum absolute atomic E-state index is 13.9. The zero-order valence-corrected chi connectivity index (χ0v) is 19.3. The van der Waals surface area contributed by atoms with Crippen LogP contribution in [0.15, 0.2) is 47.6 Å². The first-order valence-electron chi connectivity index (χ1n) is 11.1. The summed E-state index contributed by atoms with van der Waals surface area (Å²) in [4.78, 5) is 53.1. The number of nitrogens with zero attached hydrogens (tertiary/aromatic N) is 4. The molecule has 2 aromatic carbocycles. The Balaban J connectivity index is 1.68. The third-order valence-electron chi connectivity index (χ3n) is 6.95. The minimum atomic E-state index is -0.939. The molecule has 5 rings (SSSR count). The van der Waals surface area contributed by atoms with Gasteiger partial charge in [0.05, 0.1) is 34.7 Å². The molecular formula is C25H24N4O5. The van der Waals surface area contributed by atoms with Crippen LogP contribution in [0.3, 0.4) is 0 Å². The fourth-order valence-corrected chi connectivity index (χ4v) is 5.30. The smallest absolute Gasteiger partial charge is 0.271 e. The topological polar surface area (TPSA) is 113 Å². The number of hydrogen-bond donors (Lipinski definition) is 0. The van der Waals surface area contributed by atoms with Gasteiger partial charge in [-0.3, -0.25) is 29.5 Å². The Bertz CT molecular complexity index is 1290. The number of hydrazone groups is 1.